The van der Waals surface area contributed by atoms with E-state index >= 15 is 0 Å². The third-order valence-corrected chi connectivity index (χ3v) is 4.38. The van der Waals surface area contributed by atoms with Crippen LogP contribution >= 0.6 is 11.3 Å². The second kappa shape index (κ2) is 7.89. The first kappa shape index (κ1) is 16.4. The van der Waals surface area contributed by atoms with Crippen molar-refractivity contribution < 1.29 is 9.53 Å². The molecule has 0 aliphatic carbocycles. The average Bonchev–Trinajstić information content (AvgIpc) is 2.95. The summed E-state index contributed by atoms with van der Waals surface area (Å²) in [7, 11) is 0. The van der Waals surface area contributed by atoms with Gasteiger partial charge >= 0.3 is 0 Å². The van der Waals surface area contributed by atoms with Gasteiger partial charge in [0.1, 0.15) is 10.8 Å². The molecule has 1 heterocycles. The molecule has 6 heteroatoms. The Morgan fingerprint density at radius 3 is 2.77 bits per heavy atom. The molecule has 2 aromatic rings. The van der Waals surface area contributed by atoms with Gasteiger partial charge in [-0.3, -0.25) is 10.1 Å². The molecule has 0 saturated carbocycles. The van der Waals surface area contributed by atoms with Crippen molar-refractivity contribution in [3.05, 3.63) is 34.8 Å². The molecule has 0 radical (unpaired) electrons. The number of rotatable bonds is 7. The molecule has 2 rings (SSSR count). The van der Waals surface area contributed by atoms with Crippen LogP contribution in [0.1, 0.15) is 43.2 Å². The molecule has 0 unspecified atom stereocenters. The number of anilines is 1. The van der Waals surface area contributed by atoms with E-state index in [9.17, 15) is 4.79 Å². The van der Waals surface area contributed by atoms with Gasteiger partial charge in [0.25, 0.3) is 5.91 Å². The topological polar surface area (TPSA) is 64.1 Å². The molecule has 1 aromatic carbocycles. The van der Waals surface area contributed by atoms with Crippen molar-refractivity contribution in [3.63, 3.8) is 0 Å². The molecule has 1 amide bonds. The molecule has 0 bridgehead atoms. The molecule has 0 aliphatic heterocycles. The monoisotopic (exact) mass is 319 g/mol. The van der Waals surface area contributed by atoms with E-state index in [-0.39, 0.29) is 12.5 Å². The fourth-order valence-electron chi connectivity index (χ4n) is 2.10. The van der Waals surface area contributed by atoms with Crippen LogP contribution in [0.4, 0.5) is 5.13 Å². The van der Waals surface area contributed by atoms with Crippen molar-refractivity contribution in [1.29, 1.82) is 0 Å². The Morgan fingerprint density at radius 1 is 1.32 bits per heavy atom. The van der Waals surface area contributed by atoms with E-state index in [0.29, 0.717) is 16.8 Å². The largest absolute Gasteiger partial charge is 0.484 e. The van der Waals surface area contributed by atoms with E-state index in [1.54, 1.807) is 0 Å². The highest BCUT2D eigenvalue weighted by Gasteiger charge is 2.14. The second-order valence-corrected chi connectivity index (χ2v) is 6.12. The van der Waals surface area contributed by atoms with Crippen LogP contribution in [-0.2, 0) is 4.79 Å². The zero-order valence-corrected chi connectivity index (χ0v) is 13.9. The van der Waals surface area contributed by atoms with Crippen molar-refractivity contribution in [3.8, 4) is 5.75 Å². The zero-order chi connectivity index (χ0) is 15.9. The number of benzene rings is 1. The fraction of sp³-hybridized carbons (Fsp3) is 0.438. The molecular formula is C16H21N3O2S. The van der Waals surface area contributed by atoms with Crippen LogP contribution in [0, 0.1) is 6.92 Å². The van der Waals surface area contributed by atoms with Gasteiger partial charge in [-0.25, -0.2) is 0 Å². The summed E-state index contributed by atoms with van der Waals surface area (Å²) in [6, 6.07) is 7.60. The lowest BCUT2D eigenvalue weighted by atomic mass is 10.1. The molecular weight excluding hydrogens is 298 g/mol. The number of nitrogens with zero attached hydrogens (tertiary/aromatic N) is 2. The minimum atomic E-state index is -0.228. The van der Waals surface area contributed by atoms with E-state index in [1.807, 2.05) is 31.2 Å². The number of aromatic nitrogens is 2. The third kappa shape index (κ3) is 4.53. The number of hydrogen-bond acceptors (Lipinski definition) is 5. The van der Waals surface area contributed by atoms with E-state index < -0.39 is 0 Å². The summed E-state index contributed by atoms with van der Waals surface area (Å²) in [4.78, 5) is 11.9. The smallest absolute Gasteiger partial charge is 0.264 e. The van der Waals surface area contributed by atoms with Gasteiger partial charge in [0.05, 0.1) is 0 Å². The molecule has 0 fully saturated rings. The fourth-order valence-corrected chi connectivity index (χ4v) is 3.12. The number of amides is 1. The van der Waals surface area contributed by atoms with Gasteiger partial charge in [-0.15, -0.1) is 10.2 Å². The maximum atomic E-state index is 11.9. The summed E-state index contributed by atoms with van der Waals surface area (Å²) in [5.74, 6) is 0.866. The molecule has 1 aromatic heterocycles. The Balaban J connectivity index is 1.87. The predicted molar refractivity (Wildman–Crippen MR) is 88.5 cm³/mol. The van der Waals surface area contributed by atoms with Crippen LogP contribution in [-0.4, -0.2) is 22.7 Å². The minimum absolute atomic E-state index is 0.0383. The maximum absolute atomic E-state index is 11.9. The highest BCUT2D eigenvalue weighted by Crippen LogP contribution is 2.27. The summed E-state index contributed by atoms with van der Waals surface area (Å²) in [6.45, 7) is 6.20. The van der Waals surface area contributed by atoms with Gasteiger partial charge in [0, 0.05) is 5.92 Å². The molecule has 0 atom stereocenters. The number of aryl methyl sites for hydroxylation is 1. The van der Waals surface area contributed by atoms with Crippen molar-refractivity contribution >= 4 is 22.4 Å². The molecule has 0 saturated heterocycles. The lowest BCUT2D eigenvalue weighted by Gasteiger charge is -2.06. The molecule has 118 valence electrons. The van der Waals surface area contributed by atoms with Crippen LogP contribution in [0.25, 0.3) is 0 Å². The molecule has 22 heavy (non-hydrogen) atoms. The number of nitrogens with one attached hydrogen (secondary N) is 1. The van der Waals surface area contributed by atoms with Crippen LogP contribution in [0.15, 0.2) is 24.3 Å². The van der Waals surface area contributed by atoms with Crippen molar-refractivity contribution in [2.45, 2.75) is 39.5 Å². The molecule has 5 nitrogen and oxygen atoms in total. The van der Waals surface area contributed by atoms with Gasteiger partial charge in [0.2, 0.25) is 5.13 Å². The first-order chi connectivity index (χ1) is 10.6. The van der Waals surface area contributed by atoms with E-state index in [4.69, 9.17) is 4.74 Å². The number of hydrogen-bond donors (Lipinski definition) is 1. The van der Waals surface area contributed by atoms with E-state index in [1.165, 1.54) is 11.3 Å². The average molecular weight is 319 g/mol. The minimum Gasteiger partial charge on any atom is -0.484 e. The number of carbonyl (C=O) groups is 1. The summed E-state index contributed by atoms with van der Waals surface area (Å²) in [6.07, 6.45) is 2.05. The number of ether oxygens (including phenoxy) is 1. The molecule has 1 N–H and O–H groups in total. The normalized spacial score (nSPS) is 10.7. The Labute approximate surface area is 134 Å². The van der Waals surface area contributed by atoms with Gasteiger partial charge in [-0.1, -0.05) is 37.3 Å². The first-order valence-electron chi connectivity index (χ1n) is 7.45. The molecule has 0 aliphatic rings. The van der Waals surface area contributed by atoms with Crippen molar-refractivity contribution in [2.75, 3.05) is 11.9 Å². The highest BCUT2D eigenvalue weighted by molar-refractivity contribution is 7.15. The SMILES string of the molecule is CCC(CC)c1nnc(NC(=O)COc2cccc(C)c2)s1. The van der Waals surface area contributed by atoms with Crippen molar-refractivity contribution in [2.24, 2.45) is 0 Å². The standard InChI is InChI=1S/C16H21N3O2S/c1-4-12(5-2)15-18-19-16(22-15)17-14(20)10-21-13-8-6-7-11(3)9-13/h6-9,12H,4-5,10H2,1-3H3,(H,17,19,20). The Morgan fingerprint density at radius 2 is 2.09 bits per heavy atom. The van der Waals surface area contributed by atoms with Crippen molar-refractivity contribution in [1.82, 2.24) is 10.2 Å². The van der Waals surface area contributed by atoms with Gasteiger partial charge in [0.15, 0.2) is 6.61 Å². The predicted octanol–water partition coefficient (Wildman–Crippen LogP) is 3.77. The quantitative estimate of drug-likeness (QED) is 0.844. The Kier molecular flexibility index (Phi) is 5.89. The lowest BCUT2D eigenvalue weighted by molar-refractivity contribution is -0.118. The molecule has 0 spiro atoms. The summed E-state index contributed by atoms with van der Waals surface area (Å²) < 4.78 is 5.46. The van der Waals surface area contributed by atoms with Gasteiger partial charge in [-0.2, -0.15) is 0 Å². The summed E-state index contributed by atoms with van der Waals surface area (Å²) >= 11 is 1.43. The van der Waals surface area contributed by atoms with Crippen LogP contribution in [0.3, 0.4) is 0 Å². The van der Waals surface area contributed by atoms with Crippen LogP contribution in [0.5, 0.6) is 5.75 Å². The first-order valence-corrected chi connectivity index (χ1v) is 8.26. The van der Waals surface area contributed by atoms with Crippen LogP contribution < -0.4 is 10.1 Å². The van der Waals surface area contributed by atoms with E-state index in [0.717, 1.165) is 23.4 Å². The lowest BCUT2D eigenvalue weighted by Crippen LogP contribution is -2.20. The van der Waals surface area contributed by atoms with E-state index in [2.05, 4.69) is 29.4 Å². The zero-order valence-electron chi connectivity index (χ0n) is 13.1. The number of carbonyl (C=O) groups excluding carboxylic acids is 1. The summed E-state index contributed by atoms with van der Waals surface area (Å²) in [5, 5.41) is 12.4. The third-order valence-electron chi connectivity index (χ3n) is 3.38. The van der Waals surface area contributed by atoms with Crippen LogP contribution in [0.2, 0.25) is 0 Å². The second-order valence-electron chi connectivity index (χ2n) is 5.11. The summed E-state index contributed by atoms with van der Waals surface area (Å²) in [5.41, 5.74) is 1.09. The van der Waals surface area contributed by atoms with Gasteiger partial charge < -0.3 is 4.74 Å². The van der Waals surface area contributed by atoms with Gasteiger partial charge in [-0.05, 0) is 37.5 Å². The highest BCUT2D eigenvalue weighted by atomic mass is 32.1. The maximum Gasteiger partial charge on any atom is 0.264 e. The Bertz CT molecular complexity index is 623. The Hall–Kier alpha value is -1.95.